The normalized spacial score (nSPS) is 16.6. The maximum absolute atomic E-state index is 13.5. The van der Waals surface area contributed by atoms with E-state index in [9.17, 15) is 9.59 Å². The molecule has 1 saturated heterocycles. The molecule has 0 radical (unpaired) electrons. The lowest BCUT2D eigenvalue weighted by atomic mass is 9.73. The van der Waals surface area contributed by atoms with Crippen LogP contribution in [0.2, 0.25) is 0 Å². The number of esters is 1. The SMILES string of the molecule is CC(=O)OCN1C(=O)C2(CCNCC2)c2cc(Cc3ccc(-c4ccccc4)cc3)ccc21. The standard InChI is InChI=1S/C28H28N2O3/c1-20(31)33-19-30-26-12-9-22(18-25(26)28(27(30)32)13-15-29-16-14-28)17-21-7-10-24(11-8-21)23-5-3-2-4-6-23/h2-12,18,29H,13-17,19H2,1H3. The predicted octanol–water partition coefficient (Wildman–Crippen LogP) is 4.43. The van der Waals surface area contributed by atoms with Crippen LogP contribution in [0.5, 0.6) is 0 Å². The van der Waals surface area contributed by atoms with E-state index in [1.54, 1.807) is 4.90 Å². The number of rotatable bonds is 5. The van der Waals surface area contributed by atoms with Crippen LogP contribution in [-0.4, -0.2) is 31.7 Å². The first kappa shape index (κ1) is 21.4. The van der Waals surface area contributed by atoms with Gasteiger partial charge in [-0.25, -0.2) is 0 Å². The Morgan fingerprint density at radius 2 is 1.61 bits per heavy atom. The van der Waals surface area contributed by atoms with E-state index < -0.39 is 5.41 Å². The van der Waals surface area contributed by atoms with E-state index in [2.05, 4.69) is 66.0 Å². The van der Waals surface area contributed by atoms with E-state index >= 15 is 0 Å². The molecule has 5 rings (SSSR count). The summed E-state index contributed by atoms with van der Waals surface area (Å²) in [5, 5.41) is 3.37. The lowest BCUT2D eigenvalue weighted by Gasteiger charge is -2.33. The molecule has 0 atom stereocenters. The van der Waals surface area contributed by atoms with Crippen molar-refractivity contribution in [3.8, 4) is 11.1 Å². The first-order valence-electron chi connectivity index (χ1n) is 11.5. The van der Waals surface area contributed by atoms with Crippen molar-refractivity contribution in [3.05, 3.63) is 89.5 Å². The number of anilines is 1. The average Bonchev–Trinajstić information content (AvgIpc) is 3.06. The molecule has 0 saturated carbocycles. The van der Waals surface area contributed by atoms with Gasteiger partial charge in [0, 0.05) is 6.92 Å². The van der Waals surface area contributed by atoms with Crippen LogP contribution in [0.15, 0.2) is 72.8 Å². The lowest BCUT2D eigenvalue weighted by molar-refractivity contribution is -0.141. The highest BCUT2D eigenvalue weighted by Crippen LogP contribution is 2.47. The van der Waals surface area contributed by atoms with Crippen LogP contribution in [0.4, 0.5) is 5.69 Å². The number of carbonyl (C=O) groups is 2. The van der Waals surface area contributed by atoms with Crippen molar-refractivity contribution in [3.63, 3.8) is 0 Å². The molecule has 5 heteroatoms. The summed E-state index contributed by atoms with van der Waals surface area (Å²) < 4.78 is 5.21. The van der Waals surface area contributed by atoms with Crippen LogP contribution in [0.1, 0.15) is 36.5 Å². The molecule has 2 heterocycles. The molecule has 2 aliphatic rings. The van der Waals surface area contributed by atoms with Gasteiger partial charge in [-0.2, -0.15) is 0 Å². The zero-order valence-corrected chi connectivity index (χ0v) is 18.8. The third-order valence-corrected chi connectivity index (χ3v) is 6.85. The summed E-state index contributed by atoms with van der Waals surface area (Å²) in [4.78, 5) is 26.5. The van der Waals surface area contributed by atoms with Crippen molar-refractivity contribution in [1.82, 2.24) is 5.32 Å². The topological polar surface area (TPSA) is 58.6 Å². The molecule has 2 aliphatic heterocycles. The number of amides is 1. The molecule has 1 fully saturated rings. The minimum Gasteiger partial charge on any atom is -0.444 e. The second-order valence-corrected chi connectivity index (χ2v) is 8.92. The van der Waals surface area contributed by atoms with Gasteiger partial charge < -0.3 is 10.1 Å². The first-order valence-corrected chi connectivity index (χ1v) is 11.5. The Morgan fingerprint density at radius 1 is 0.939 bits per heavy atom. The van der Waals surface area contributed by atoms with Gasteiger partial charge in [0.1, 0.15) is 0 Å². The van der Waals surface area contributed by atoms with Gasteiger partial charge in [0.15, 0.2) is 6.73 Å². The third-order valence-electron chi connectivity index (χ3n) is 6.85. The highest BCUT2D eigenvalue weighted by atomic mass is 16.5. The zero-order valence-electron chi connectivity index (χ0n) is 18.8. The van der Waals surface area contributed by atoms with Crippen LogP contribution in [0.25, 0.3) is 11.1 Å². The number of hydrogen-bond acceptors (Lipinski definition) is 4. The number of benzene rings is 3. The Kier molecular flexibility index (Phi) is 5.73. The zero-order chi connectivity index (χ0) is 22.8. The predicted molar refractivity (Wildman–Crippen MR) is 129 cm³/mol. The molecule has 0 aliphatic carbocycles. The van der Waals surface area contributed by atoms with Crippen LogP contribution in [0, 0.1) is 0 Å². The molecule has 1 amide bonds. The fraction of sp³-hybridized carbons (Fsp3) is 0.286. The van der Waals surface area contributed by atoms with Crippen LogP contribution >= 0.6 is 0 Å². The van der Waals surface area contributed by atoms with E-state index in [4.69, 9.17) is 4.74 Å². The van der Waals surface area contributed by atoms with E-state index in [1.807, 2.05) is 12.1 Å². The minimum absolute atomic E-state index is 0.0311. The molecule has 0 aromatic heterocycles. The van der Waals surface area contributed by atoms with Crippen molar-refractivity contribution in [2.75, 3.05) is 24.7 Å². The van der Waals surface area contributed by atoms with Crippen LogP contribution in [-0.2, 0) is 26.2 Å². The Balaban J connectivity index is 1.43. The third kappa shape index (κ3) is 4.05. The van der Waals surface area contributed by atoms with Gasteiger partial charge in [-0.05, 0) is 66.2 Å². The summed E-state index contributed by atoms with van der Waals surface area (Å²) in [6.45, 7) is 2.94. The molecule has 168 valence electrons. The first-order chi connectivity index (χ1) is 16.1. The fourth-order valence-electron chi connectivity index (χ4n) is 5.10. The quantitative estimate of drug-likeness (QED) is 0.596. The summed E-state index contributed by atoms with van der Waals surface area (Å²) in [6.07, 6.45) is 2.31. The van der Waals surface area contributed by atoms with E-state index in [0.29, 0.717) is 0 Å². The van der Waals surface area contributed by atoms with Gasteiger partial charge in [0.25, 0.3) is 0 Å². The van der Waals surface area contributed by atoms with Crippen LogP contribution < -0.4 is 10.2 Å². The molecule has 3 aromatic rings. The smallest absolute Gasteiger partial charge is 0.304 e. The monoisotopic (exact) mass is 440 g/mol. The van der Waals surface area contributed by atoms with Crippen molar-refractivity contribution < 1.29 is 14.3 Å². The number of hydrogen-bond donors (Lipinski definition) is 1. The number of ether oxygens (including phenoxy) is 1. The van der Waals surface area contributed by atoms with Gasteiger partial charge in [-0.15, -0.1) is 0 Å². The molecule has 0 unspecified atom stereocenters. The minimum atomic E-state index is -0.534. The summed E-state index contributed by atoms with van der Waals surface area (Å²) in [5.74, 6) is -0.337. The maximum atomic E-state index is 13.5. The van der Waals surface area contributed by atoms with Gasteiger partial charge in [-0.3, -0.25) is 14.5 Å². The van der Waals surface area contributed by atoms with Gasteiger partial charge >= 0.3 is 5.97 Å². The summed E-state index contributed by atoms with van der Waals surface area (Å²) in [5.41, 5.74) is 6.23. The number of nitrogens with zero attached hydrogens (tertiary/aromatic N) is 1. The molecule has 0 bridgehead atoms. The number of carbonyl (C=O) groups excluding carboxylic acids is 2. The Labute approximate surface area is 194 Å². The molecular formula is C28H28N2O3. The van der Waals surface area contributed by atoms with E-state index in [1.165, 1.54) is 29.2 Å². The van der Waals surface area contributed by atoms with Crippen molar-refractivity contribution in [1.29, 1.82) is 0 Å². The number of piperidine rings is 1. The second-order valence-electron chi connectivity index (χ2n) is 8.92. The van der Waals surface area contributed by atoms with Gasteiger partial charge in [0.05, 0.1) is 11.1 Å². The molecule has 3 aromatic carbocycles. The fourth-order valence-corrected chi connectivity index (χ4v) is 5.10. The molecule has 33 heavy (non-hydrogen) atoms. The highest BCUT2D eigenvalue weighted by Gasteiger charge is 2.51. The second kappa shape index (κ2) is 8.83. The Hall–Kier alpha value is -3.44. The van der Waals surface area contributed by atoms with Crippen molar-refractivity contribution in [2.45, 2.75) is 31.6 Å². The number of fused-ring (bicyclic) bond motifs is 2. The molecule has 1 spiro atoms. The highest BCUT2D eigenvalue weighted by molar-refractivity contribution is 6.08. The van der Waals surface area contributed by atoms with Gasteiger partial charge in [-0.1, -0.05) is 66.7 Å². The van der Waals surface area contributed by atoms with Crippen LogP contribution in [0.3, 0.4) is 0 Å². The molecule has 1 N–H and O–H groups in total. The molecular weight excluding hydrogens is 412 g/mol. The summed E-state index contributed by atoms with van der Waals surface area (Å²) in [6, 6.07) is 25.3. The maximum Gasteiger partial charge on any atom is 0.304 e. The molecule has 5 nitrogen and oxygen atoms in total. The lowest BCUT2D eigenvalue weighted by Crippen LogP contribution is -2.47. The Morgan fingerprint density at radius 3 is 2.30 bits per heavy atom. The van der Waals surface area contributed by atoms with Gasteiger partial charge in [0.2, 0.25) is 5.91 Å². The van der Waals surface area contributed by atoms with Crippen molar-refractivity contribution >= 4 is 17.6 Å². The van der Waals surface area contributed by atoms with E-state index in [0.717, 1.165) is 43.6 Å². The summed E-state index contributed by atoms with van der Waals surface area (Å²) in [7, 11) is 0. The largest absolute Gasteiger partial charge is 0.444 e. The van der Waals surface area contributed by atoms with Crippen molar-refractivity contribution in [2.24, 2.45) is 0 Å². The Bertz CT molecular complexity index is 1170. The number of nitrogens with one attached hydrogen (secondary N) is 1. The summed E-state index contributed by atoms with van der Waals surface area (Å²) >= 11 is 0. The average molecular weight is 441 g/mol. The van der Waals surface area contributed by atoms with E-state index in [-0.39, 0.29) is 18.6 Å².